The van der Waals surface area contributed by atoms with E-state index in [9.17, 15) is 25.6 Å². The van der Waals surface area contributed by atoms with Crippen LogP contribution >= 0.6 is 10.7 Å². The lowest BCUT2D eigenvalue weighted by molar-refractivity contribution is 0.573. The first-order valence-corrected chi connectivity index (χ1v) is 9.47. The van der Waals surface area contributed by atoms with Crippen molar-refractivity contribution in [3.05, 3.63) is 23.8 Å². The summed E-state index contributed by atoms with van der Waals surface area (Å²) in [6, 6.07) is 0.895. The molecule has 0 aromatic heterocycles. The van der Waals surface area contributed by atoms with Crippen LogP contribution in [0.15, 0.2) is 17.0 Å². The maximum Gasteiger partial charge on any atom is 0.261 e. The van der Waals surface area contributed by atoms with Crippen molar-refractivity contribution in [2.75, 3.05) is 10.5 Å². The van der Waals surface area contributed by atoms with E-state index >= 15 is 0 Å². The minimum absolute atomic E-state index is 0.294. The van der Waals surface area contributed by atoms with E-state index in [0.717, 1.165) is 0 Å². The predicted molar refractivity (Wildman–Crippen MR) is 71.7 cm³/mol. The van der Waals surface area contributed by atoms with Gasteiger partial charge in [-0.2, -0.15) is 0 Å². The molecule has 20 heavy (non-hydrogen) atoms. The van der Waals surface area contributed by atoms with Gasteiger partial charge in [0.05, 0.1) is 10.6 Å². The molecule has 0 amide bonds. The molecule has 0 saturated carbocycles. The third-order valence-electron chi connectivity index (χ3n) is 2.32. The second-order valence-corrected chi connectivity index (χ2v) is 8.38. The van der Waals surface area contributed by atoms with Crippen molar-refractivity contribution in [2.24, 2.45) is 0 Å². The maximum absolute atomic E-state index is 13.6. The van der Waals surface area contributed by atoms with Crippen molar-refractivity contribution in [1.82, 2.24) is 0 Å². The molecule has 0 heterocycles. The fourth-order valence-corrected chi connectivity index (χ4v) is 3.36. The minimum atomic E-state index is -4.31. The molecule has 1 aromatic carbocycles. The topological polar surface area (TPSA) is 80.3 Å². The summed E-state index contributed by atoms with van der Waals surface area (Å²) in [5, 5.41) is 0. The molecule has 0 aliphatic rings. The van der Waals surface area contributed by atoms with Crippen LogP contribution in [-0.4, -0.2) is 22.6 Å². The first-order valence-electron chi connectivity index (χ1n) is 5.51. The number of halogens is 3. The van der Waals surface area contributed by atoms with Crippen LogP contribution in [0.4, 0.5) is 14.5 Å². The van der Waals surface area contributed by atoms with E-state index < -0.39 is 41.3 Å². The van der Waals surface area contributed by atoms with Crippen LogP contribution in [0.5, 0.6) is 0 Å². The number of nitrogens with one attached hydrogen (secondary N) is 1. The molecule has 5 nitrogen and oxygen atoms in total. The van der Waals surface area contributed by atoms with Gasteiger partial charge in [-0.15, -0.1) is 0 Å². The molecule has 0 bridgehead atoms. The Labute approximate surface area is 120 Å². The lowest BCUT2D eigenvalue weighted by Gasteiger charge is -2.10. The Morgan fingerprint density at radius 1 is 1.15 bits per heavy atom. The van der Waals surface area contributed by atoms with Gasteiger partial charge in [-0.25, -0.2) is 25.6 Å². The number of benzene rings is 1. The molecule has 10 heteroatoms. The number of hydrogen-bond acceptors (Lipinski definition) is 4. The molecular weight excluding hydrogens is 336 g/mol. The lowest BCUT2D eigenvalue weighted by Crippen LogP contribution is -2.18. The van der Waals surface area contributed by atoms with Gasteiger partial charge in [0, 0.05) is 10.7 Å². The highest BCUT2D eigenvalue weighted by Gasteiger charge is 2.21. The van der Waals surface area contributed by atoms with Crippen LogP contribution in [0.2, 0.25) is 0 Å². The highest BCUT2D eigenvalue weighted by Crippen LogP contribution is 2.26. The van der Waals surface area contributed by atoms with E-state index in [1.165, 1.54) is 0 Å². The number of hydrogen-bond donors (Lipinski definition) is 1. The van der Waals surface area contributed by atoms with Gasteiger partial charge < -0.3 is 0 Å². The van der Waals surface area contributed by atoms with E-state index in [4.69, 9.17) is 10.7 Å². The summed E-state index contributed by atoms with van der Waals surface area (Å²) >= 11 is 0. The molecule has 0 radical (unpaired) electrons. The van der Waals surface area contributed by atoms with Gasteiger partial charge in [-0.1, -0.05) is 13.3 Å². The SMILES string of the molecule is CCCCS(=O)(=O)Nc1c(F)cc(S(=O)(=O)Cl)cc1F. The van der Waals surface area contributed by atoms with Gasteiger partial charge in [0.2, 0.25) is 10.0 Å². The Morgan fingerprint density at radius 2 is 1.65 bits per heavy atom. The van der Waals surface area contributed by atoms with Crippen molar-refractivity contribution in [3.8, 4) is 0 Å². The number of anilines is 1. The van der Waals surface area contributed by atoms with Crippen molar-refractivity contribution in [2.45, 2.75) is 24.7 Å². The lowest BCUT2D eigenvalue weighted by atomic mass is 10.3. The summed E-state index contributed by atoms with van der Waals surface area (Å²) in [7, 11) is -3.25. The summed E-state index contributed by atoms with van der Waals surface area (Å²) in [4.78, 5) is -0.786. The standard InChI is InChI=1S/C10H12ClF2NO4S2/c1-2-3-4-19(15,16)14-10-8(12)5-7(6-9(10)13)20(11,17)18/h5-6,14H,2-4H2,1H3. The largest absolute Gasteiger partial charge is 0.278 e. The number of unbranched alkanes of at least 4 members (excludes halogenated alkanes) is 1. The highest BCUT2D eigenvalue weighted by molar-refractivity contribution is 8.13. The zero-order chi connectivity index (χ0) is 15.6. The van der Waals surface area contributed by atoms with Crippen LogP contribution in [0.25, 0.3) is 0 Å². The molecule has 0 aliphatic heterocycles. The molecular formula is C10H12ClF2NO4S2. The van der Waals surface area contributed by atoms with Crippen molar-refractivity contribution in [3.63, 3.8) is 0 Å². The monoisotopic (exact) mass is 347 g/mol. The Kier molecular flexibility index (Phi) is 5.33. The van der Waals surface area contributed by atoms with E-state index in [-0.39, 0.29) is 5.75 Å². The average molecular weight is 348 g/mol. The molecule has 0 saturated heterocycles. The minimum Gasteiger partial charge on any atom is -0.278 e. The Balaban J connectivity index is 3.16. The molecule has 1 aromatic rings. The highest BCUT2D eigenvalue weighted by atomic mass is 35.7. The quantitative estimate of drug-likeness (QED) is 0.801. The Hall–Kier alpha value is -0.930. The zero-order valence-corrected chi connectivity index (χ0v) is 12.7. The third-order valence-corrected chi connectivity index (χ3v) is 5.00. The Morgan fingerprint density at radius 3 is 2.05 bits per heavy atom. The van der Waals surface area contributed by atoms with Gasteiger partial charge in [0.25, 0.3) is 9.05 Å². The molecule has 0 atom stereocenters. The van der Waals surface area contributed by atoms with Gasteiger partial charge in [-0.3, -0.25) is 4.72 Å². The van der Waals surface area contributed by atoms with Crippen molar-refractivity contribution < 1.29 is 25.6 Å². The zero-order valence-electron chi connectivity index (χ0n) is 10.4. The Bertz CT molecular complexity index is 681. The summed E-state index contributed by atoms with van der Waals surface area (Å²) < 4.78 is 74.0. The summed E-state index contributed by atoms with van der Waals surface area (Å²) in [6.45, 7) is 1.76. The first-order chi connectivity index (χ1) is 9.07. The van der Waals surface area contributed by atoms with Gasteiger partial charge in [0.1, 0.15) is 5.69 Å². The number of sulfonamides is 1. The van der Waals surface area contributed by atoms with Gasteiger partial charge in [0.15, 0.2) is 11.6 Å². The van der Waals surface area contributed by atoms with Crippen LogP contribution in [0.1, 0.15) is 19.8 Å². The average Bonchev–Trinajstić information content (AvgIpc) is 2.30. The van der Waals surface area contributed by atoms with Gasteiger partial charge >= 0.3 is 0 Å². The molecule has 0 unspecified atom stereocenters. The van der Waals surface area contributed by atoms with Crippen molar-refractivity contribution >= 4 is 35.4 Å². The first kappa shape index (κ1) is 17.1. The second-order valence-electron chi connectivity index (χ2n) is 3.97. The summed E-state index contributed by atoms with van der Waals surface area (Å²) in [5.41, 5.74) is -0.926. The van der Waals surface area contributed by atoms with Crippen LogP contribution in [-0.2, 0) is 19.1 Å². The molecule has 1 rings (SSSR count). The predicted octanol–water partition coefficient (Wildman–Crippen LogP) is 2.43. The van der Waals surface area contributed by atoms with E-state index in [1.807, 2.05) is 0 Å². The fraction of sp³-hybridized carbons (Fsp3) is 0.400. The van der Waals surface area contributed by atoms with Crippen LogP contribution in [0, 0.1) is 11.6 Å². The van der Waals surface area contributed by atoms with Crippen LogP contribution in [0.3, 0.4) is 0 Å². The molecule has 1 N–H and O–H groups in total. The third kappa shape index (κ3) is 4.57. The van der Waals surface area contributed by atoms with Gasteiger partial charge in [-0.05, 0) is 18.6 Å². The molecule has 114 valence electrons. The summed E-state index contributed by atoms with van der Waals surface area (Å²) in [5.74, 6) is -3.01. The maximum atomic E-state index is 13.6. The van der Waals surface area contributed by atoms with Crippen LogP contribution < -0.4 is 4.72 Å². The smallest absolute Gasteiger partial charge is 0.261 e. The molecule has 0 spiro atoms. The van der Waals surface area contributed by atoms with E-state index in [2.05, 4.69) is 0 Å². The number of rotatable bonds is 6. The summed E-state index contributed by atoms with van der Waals surface area (Å²) in [6.07, 6.45) is 0.919. The normalized spacial score (nSPS) is 12.4. The molecule has 0 fully saturated rings. The van der Waals surface area contributed by atoms with Crippen molar-refractivity contribution in [1.29, 1.82) is 0 Å². The second kappa shape index (κ2) is 6.23. The molecule has 0 aliphatic carbocycles. The fourth-order valence-electron chi connectivity index (χ4n) is 1.33. The van der Waals surface area contributed by atoms with E-state index in [0.29, 0.717) is 25.0 Å². The van der Waals surface area contributed by atoms with E-state index in [1.54, 1.807) is 11.6 Å².